The third-order valence-electron chi connectivity index (χ3n) is 4.69. The maximum atomic E-state index is 13.2. The molecule has 1 aliphatic rings. The van der Waals surface area contributed by atoms with Gasteiger partial charge in [0.2, 0.25) is 0 Å². The third-order valence-corrected chi connectivity index (χ3v) is 4.69. The standard InChI is InChI=1S/C19H19N5O2/c1-23(2)17-9-14(12-5-3-4-6-15(12)22-17)19(26)24-8-7-13-16(10-24)20-11-21-18(13)25/h3-6,9,11H,7-8,10H2,1-2H3,(H,20,21,25). The molecular weight excluding hydrogens is 330 g/mol. The normalized spacial score (nSPS) is 13.5. The maximum Gasteiger partial charge on any atom is 0.255 e. The minimum Gasteiger partial charge on any atom is -0.363 e. The average molecular weight is 349 g/mol. The summed E-state index contributed by atoms with van der Waals surface area (Å²) in [7, 11) is 3.80. The predicted molar refractivity (Wildman–Crippen MR) is 99.4 cm³/mol. The van der Waals surface area contributed by atoms with Gasteiger partial charge in [0.05, 0.1) is 29.6 Å². The summed E-state index contributed by atoms with van der Waals surface area (Å²) in [6.07, 6.45) is 1.90. The molecule has 0 aliphatic carbocycles. The average Bonchev–Trinajstić information content (AvgIpc) is 2.66. The topological polar surface area (TPSA) is 82.2 Å². The van der Waals surface area contributed by atoms with Crippen LogP contribution in [0.2, 0.25) is 0 Å². The number of benzene rings is 1. The first kappa shape index (κ1) is 16.3. The summed E-state index contributed by atoms with van der Waals surface area (Å²) >= 11 is 0. The van der Waals surface area contributed by atoms with Crippen LogP contribution in [0.3, 0.4) is 0 Å². The van der Waals surface area contributed by atoms with Gasteiger partial charge >= 0.3 is 0 Å². The lowest BCUT2D eigenvalue weighted by Gasteiger charge is -2.28. The number of aromatic amines is 1. The van der Waals surface area contributed by atoms with Gasteiger partial charge in [0.15, 0.2) is 0 Å². The van der Waals surface area contributed by atoms with Crippen molar-refractivity contribution < 1.29 is 4.79 Å². The summed E-state index contributed by atoms with van der Waals surface area (Å²) in [5.41, 5.74) is 2.62. The van der Waals surface area contributed by atoms with Gasteiger partial charge in [0, 0.05) is 31.6 Å². The fraction of sp³-hybridized carbons (Fsp3) is 0.263. The van der Waals surface area contributed by atoms with E-state index in [4.69, 9.17) is 0 Å². The van der Waals surface area contributed by atoms with Crippen LogP contribution in [-0.4, -0.2) is 46.4 Å². The summed E-state index contributed by atoms with van der Waals surface area (Å²) < 4.78 is 0. The Bertz CT molecular complexity index is 1060. The number of para-hydroxylation sites is 1. The summed E-state index contributed by atoms with van der Waals surface area (Å²) in [5, 5.41) is 0.827. The summed E-state index contributed by atoms with van der Waals surface area (Å²) in [6, 6.07) is 9.46. The Morgan fingerprint density at radius 1 is 1.27 bits per heavy atom. The molecule has 1 N–H and O–H groups in total. The molecule has 0 bridgehead atoms. The molecule has 0 saturated carbocycles. The number of hydrogen-bond donors (Lipinski definition) is 1. The van der Waals surface area contributed by atoms with Gasteiger partial charge in [-0.05, 0) is 18.6 Å². The van der Waals surface area contributed by atoms with Gasteiger partial charge in [-0.15, -0.1) is 0 Å². The van der Waals surface area contributed by atoms with Crippen molar-refractivity contribution >= 4 is 22.6 Å². The molecule has 0 unspecified atom stereocenters. The van der Waals surface area contributed by atoms with E-state index in [-0.39, 0.29) is 11.5 Å². The number of nitrogens with one attached hydrogen (secondary N) is 1. The fourth-order valence-electron chi connectivity index (χ4n) is 3.28. The van der Waals surface area contributed by atoms with E-state index in [1.54, 1.807) is 4.90 Å². The number of carbonyl (C=O) groups excluding carboxylic acids is 1. The number of anilines is 1. The molecule has 2 aromatic heterocycles. The molecular formula is C19H19N5O2. The molecule has 4 rings (SSSR count). The highest BCUT2D eigenvalue weighted by atomic mass is 16.2. The van der Waals surface area contributed by atoms with E-state index in [1.165, 1.54) is 6.33 Å². The highest BCUT2D eigenvalue weighted by molar-refractivity contribution is 6.07. The molecule has 1 amide bonds. The Kier molecular flexibility index (Phi) is 3.91. The molecule has 0 spiro atoms. The van der Waals surface area contributed by atoms with Gasteiger partial charge in [-0.1, -0.05) is 18.2 Å². The Morgan fingerprint density at radius 3 is 2.88 bits per heavy atom. The number of rotatable bonds is 2. The third kappa shape index (κ3) is 2.71. The van der Waals surface area contributed by atoms with Crippen LogP contribution in [0.15, 0.2) is 41.5 Å². The zero-order valence-corrected chi connectivity index (χ0v) is 14.7. The number of pyridine rings is 1. The molecule has 26 heavy (non-hydrogen) atoms. The molecule has 132 valence electrons. The van der Waals surface area contributed by atoms with E-state index in [2.05, 4.69) is 15.0 Å². The van der Waals surface area contributed by atoms with Crippen LogP contribution < -0.4 is 10.5 Å². The highest BCUT2D eigenvalue weighted by Gasteiger charge is 2.26. The lowest BCUT2D eigenvalue weighted by molar-refractivity contribution is 0.0733. The van der Waals surface area contributed by atoms with Crippen molar-refractivity contribution in [2.45, 2.75) is 13.0 Å². The minimum absolute atomic E-state index is 0.0700. The van der Waals surface area contributed by atoms with Gasteiger partial charge < -0.3 is 14.8 Å². The first-order chi connectivity index (χ1) is 12.5. The van der Waals surface area contributed by atoms with Gasteiger partial charge in [0.25, 0.3) is 11.5 Å². The van der Waals surface area contributed by atoms with Crippen LogP contribution in [0.1, 0.15) is 21.6 Å². The van der Waals surface area contributed by atoms with Crippen LogP contribution >= 0.6 is 0 Å². The number of amides is 1. The van der Waals surface area contributed by atoms with E-state index >= 15 is 0 Å². The molecule has 0 fully saturated rings. The zero-order valence-electron chi connectivity index (χ0n) is 14.7. The van der Waals surface area contributed by atoms with E-state index in [1.807, 2.05) is 49.3 Å². The van der Waals surface area contributed by atoms with Crippen LogP contribution in [0, 0.1) is 0 Å². The molecule has 0 radical (unpaired) electrons. The molecule has 3 heterocycles. The van der Waals surface area contributed by atoms with Crippen LogP contribution in [0.4, 0.5) is 5.82 Å². The fourth-order valence-corrected chi connectivity index (χ4v) is 3.28. The Balaban J connectivity index is 1.76. The zero-order chi connectivity index (χ0) is 18.3. The Morgan fingerprint density at radius 2 is 2.08 bits per heavy atom. The van der Waals surface area contributed by atoms with Crippen molar-refractivity contribution in [1.82, 2.24) is 19.9 Å². The van der Waals surface area contributed by atoms with Crippen molar-refractivity contribution in [2.24, 2.45) is 0 Å². The van der Waals surface area contributed by atoms with Crippen molar-refractivity contribution in [2.75, 3.05) is 25.5 Å². The summed E-state index contributed by atoms with van der Waals surface area (Å²) in [6.45, 7) is 0.834. The quantitative estimate of drug-likeness (QED) is 0.760. The van der Waals surface area contributed by atoms with E-state index in [0.717, 1.165) is 16.7 Å². The molecule has 0 saturated heterocycles. The monoisotopic (exact) mass is 349 g/mol. The molecule has 3 aromatic rings. The van der Waals surface area contributed by atoms with Gasteiger partial charge in [0.1, 0.15) is 5.82 Å². The summed E-state index contributed by atoms with van der Waals surface area (Å²) in [5.74, 6) is 0.665. The van der Waals surface area contributed by atoms with E-state index in [9.17, 15) is 9.59 Å². The first-order valence-electron chi connectivity index (χ1n) is 8.46. The van der Waals surface area contributed by atoms with Crippen molar-refractivity contribution in [1.29, 1.82) is 0 Å². The minimum atomic E-state index is -0.119. The predicted octanol–water partition coefficient (Wildman–Crippen LogP) is 1.58. The maximum absolute atomic E-state index is 13.2. The largest absolute Gasteiger partial charge is 0.363 e. The molecule has 7 nitrogen and oxygen atoms in total. The van der Waals surface area contributed by atoms with Gasteiger partial charge in [-0.3, -0.25) is 9.59 Å². The number of nitrogens with zero attached hydrogens (tertiary/aromatic N) is 4. The van der Waals surface area contributed by atoms with Crippen LogP contribution in [-0.2, 0) is 13.0 Å². The van der Waals surface area contributed by atoms with Gasteiger partial charge in [-0.25, -0.2) is 9.97 Å². The van der Waals surface area contributed by atoms with Crippen molar-refractivity contribution in [3.05, 3.63) is 63.8 Å². The number of H-pyrrole nitrogens is 1. The van der Waals surface area contributed by atoms with E-state index < -0.39 is 0 Å². The van der Waals surface area contributed by atoms with Crippen LogP contribution in [0.25, 0.3) is 10.9 Å². The smallest absolute Gasteiger partial charge is 0.255 e. The molecule has 0 atom stereocenters. The number of aromatic nitrogens is 3. The number of carbonyl (C=O) groups is 1. The van der Waals surface area contributed by atoms with Crippen LogP contribution in [0.5, 0.6) is 0 Å². The van der Waals surface area contributed by atoms with Crippen molar-refractivity contribution in [3.8, 4) is 0 Å². The van der Waals surface area contributed by atoms with E-state index in [0.29, 0.717) is 36.3 Å². The number of hydrogen-bond acceptors (Lipinski definition) is 5. The molecule has 7 heteroatoms. The highest BCUT2D eigenvalue weighted by Crippen LogP contribution is 2.25. The lowest BCUT2D eigenvalue weighted by atomic mass is 10.0. The second-order valence-electron chi connectivity index (χ2n) is 6.57. The van der Waals surface area contributed by atoms with Crippen molar-refractivity contribution in [3.63, 3.8) is 0 Å². The first-order valence-corrected chi connectivity index (χ1v) is 8.46. The lowest BCUT2D eigenvalue weighted by Crippen LogP contribution is -2.39. The second-order valence-corrected chi connectivity index (χ2v) is 6.57. The molecule has 1 aromatic carbocycles. The Labute approximate surface area is 150 Å². The van der Waals surface area contributed by atoms with Gasteiger partial charge in [-0.2, -0.15) is 0 Å². The SMILES string of the molecule is CN(C)c1cc(C(=O)N2CCc3c(nc[nH]c3=O)C2)c2ccccc2n1. The second kappa shape index (κ2) is 6.25. The Hall–Kier alpha value is -3.22. The summed E-state index contributed by atoms with van der Waals surface area (Å²) in [4.78, 5) is 40.2. The molecule has 1 aliphatic heterocycles. The number of fused-ring (bicyclic) bond motifs is 2.